The van der Waals surface area contributed by atoms with Gasteiger partial charge in [-0.1, -0.05) is 6.92 Å². The highest BCUT2D eigenvalue weighted by Crippen LogP contribution is 2.21. The monoisotopic (exact) mass is 228 g/mol. The second-order valence-corrected chi connectivity index (χ2v) is 3.32. The number of nitrogens with zero attached hydrogens (tertiary/aromatic N) is 1. The van der Waals surface area contributed by atoms with Gasteiger partial charge < -0.3 is 10.8 Å². The minimum Gasteiger partial charge on any atom is -0.382 e. The van der Waals surface area contributed by atoms with Crippen molar-refractivity contribution in [3.63, 3.8) is 0 Å². The lowest BCUT2D eigenvalue weighted by molar-refractivity contribution is -0.208. The Bertz CT molecular complexity index is 220. The minimum atomic E-state index is -4.68. The first kappa shape index (κ1) is 14.2. The molecule has 0 aromatic heterocycles. The molecule has 0 saturated carbocycles. The Morgan fingerprint density at radius 3 is 2.27 bits per heavy atom. The maximum absolute atomic E-state index is 12.0. The van der Waals surface area contributed by atoms with E-state index in [4.69, 9.17) is 10.8 Å². The molecule has 0 saturated heterocycles. The summed E-state index contributed by atoms with van der Waals surface area (Å²) in [5, 5.41) is 8.76. The van der Waals surface area contributed by atoms with Crippen molar-refractivity contribution in [3.8, 4) is 0 Å². The quantitative estimate of drug-likeness (QED) is 0.701. The van der Waals surface area contributed by atoms with E-state index < -0.39 is 30.8 Å². The van der Waals surface area contributed by atoms with Gasteiger partial charge in [0.1, 0.15) is 0 Å². The normalized spacial score (nSPS) is 16.5. The van der Waals surface area contributed by atoms with Crippen molar-refractivity contribution in [2.45, 2.75) is 31.7 Å². The number of aliphatic hydroxyl groups is 1. The topological polar surface area (TPSA) is 66.6 Å². The third-order valence-electron chi connectivity index (χ3n) is 2.09. The number of primary amides is 1. The van der Waals surface area contributed by atoms with Gasteiger partial charge in [-0.2, -0.15) is 13.2 Å². The van der Waals surface area contributed by atoms with Crippen molar-refractivity contribution in [1.29, 1.82) is 0 Å². The molecule has 0 aromatic carbocycles. The number of rotatable bonds is 5. The lowest BCUT2D eigenvalue weighted by Crippen LogP contribution is -2.48. The molecule has 0 aromatic rings. The van der Waals surface area contributed by atoms with E-state index in [0.29, 0.717) is 6.42 Å². The molecule has 2 atom stereocenters. The molecule has 0 fully saturated rings. The zero-order chi connectivity index (χ0) is 12.2. The van der Waals surface area contributed by atoms with Crippen LogP contribution in [0, 0.1) is 0 Å². The van der Waals surface area contributed by atoms with Crippen molar-refractivity contribution in [1.82, 2.24) is 4.90 Å². The zero-order valence-corrected chi connectivity index (χ0v) is 8.58. The van der Waals surface area contributed by atoms with Crippen LogP contribution < -0.4 is 5.73 Å². The fourth-order valence-corrected chi connectivity index (χ4v) is 1.23. The van der Waals surface area contributed by atoms with Crippen LogP contribution in [0.25, 0.3) is 0 Å². The Hall–Kier alpha value is -0.820. The molecule has 0 aliphatic rings. The molecule has 0 rings (SSSR count). The predicted octanol–water partition coefficient (Wildman–Crippen LogP) is 0.105. The molecule has 0 bridgehead atoms. The first-order chi connectivity index (χ1) is 6.70. The highest BCUT2D eigenvalue weighted by Gasteiger charge is 2.39. The number of amides is 1. The molecule has 0 spiro atoms. The van der Waals surface area contributed by atoms with Gasteiger partial charge in [0.15, 0.2) is 6.10 Å². The van der Waals surface area contributed by atoms with Crippen LogP contribution in [0.5, 0.6) is 0 Å². The van der Waals surface area contributed by atoms with E-state index >= 15 is 0 Å². The van der Waals surface area contributed by atoms with Crippen LogP contribution in [0.3, 0.4) is 0 Å². The van der Waals surface area contributed by atoms with E-state index in [2.05, 4.69) is 0 Å². The zero-order valence-electron chi connectivity index (χ0n) is 8.58. The van der Waals surface area contributed by atoms with Gasteiger partial charge >= 0.3 is 6.18 Å². The summed E-state index contributed by atoms with van der Waals surface area (Å²) in [7, 11) is 1.31. The van der Waals surface area contributed by atoms with Crippen LogP contribution in [0.2, 0.25) is 0 Å². The number of carbonyl (C=O) groups excluding carboxylic acids is 1. The van der Waals surface area contributed by atoms with Crippen molar-refractivity contribution < 1.29 is 23.1 Å². The van der Waals surface area contributed by atoms with Gasteiger partial charge in [-0.3, -0.25) is 9.69 Å². The number of carbonyl (C=O) groups is 1. The van der Waals surface area contributed by atoms with E-state index in [-0.39, 0.29) is 0 Å². The lowest BCUT2D eigenvalue weighted by atomic mass is 10.1. The van der Waals surface area contributed by atoms with Gasteiger partial charge in [0.05, 0.1) is 6.04 Å². The minimum absolute atomic E-state index is 0.302. The Labute approximate surface area is 85.8 Å². The summed E-state index contributed by atoms with van der Waals surface area (Å²) in [6.07, 6.45) is -6.84. The third-order valence-corrected chi connectivity index (χ3v) is 2.09. The summed E-state index contributed by atoms with van der Waals surface area (Å²) in [6, 6.07) is -0.790. The lowest BCUT2D eigenvalue weighted by Gasteiger charge is -2.27. The molecular weight excluding hydrogens is 213 g/mol. The summed E-state index contributed by atoms with van der Waals surface area (Å²) < 4.78 is 36.0. The van der Waals surface area contributed by atoms with Gasteiger partial charge in [0, 0.05) is 6.54 Å². The number of aliphatic hydroxyl groups excluding tert-OH is 1. The second kappa shape index (κ2) is 5.32. The van der Waals surface area contributed by atoms with E-state index in [0.717, 1.165) is 4.90 Å². The average molecular weight is 228 g/mol. The Kier molecular flexibility index (Phi) is 5.02. The van der Waals surface area contributed by atoms with E-state index in [9.17, 15) is 18.0 Å². The van der Waals surface area contributed by atoms with E-state index in [1.807, 2.05) is 0 Å². The van der Waals surface area contributed by atoms with Crippen LogP contribution >= 0.6 is 0 Å². The number of nitrogens with two attached hydrogens (primary N) is 1. The molecule has 4 nitrogen and oxygen atoms in total. The number of likely N-dealkylation sites (N-methyl/N-ethyl adjacent to an activating group) is 1. The average Bonchev–Trinajstić information content (AvgIpc) is 2.02. The van der Waals surface area contributed by atoms with Crippen molar-refractivity contribution >= 4 is 5.91 Å². The first-order valence-corrected chi connectivity index (χ1v) is 4.44. The SMILES string of the molecule is CCC(C(N)=O)N(C)CC(O)C(F)(F)F. The van der Waals surface area contributed by atoms with E-state index in [1.54, 1.807) is 6.92 Å². The Morgan fingerprint density at radius 1 is 1.53 bits per heavy atom. The molecule has 0 aliphatic heterocycles. The van der Waals surface area contributed by atoms with Gasteiger partial charge in [-0.05, 0) is 13.5 Å². The van der Waals surface area contributed by atoms with Crippen LogP contribution in [-0.4, -0.2) is 47.8 Å². The smallest absolute Gasteiger partial charge is 0.382 e. The molecule has 2 unspecified atom stereocenters. The van der Waals surface area contributed by atoms with Crippen molar-refractivity contribution in [2.24, 2.45) is 5.73 Å². The van der Waals surface area contributed by atoms with Crippen LogP contribution in [0.4, 0.5) is 13.2 Å². The standard InChI is InChI=1S/C8H15F3N2O2/c1-3-5(7(12)15)13(2)4-6(14)8(9,10)11/h5-6,14H,3-4H2,1-2H3,(H2,12,15). The number of alkyl halides is 3. The van der Waals surface area contributed by atoms with Crippen molar-refractivity contribution in [2.75, 3.05) is 13.6 Å². The summed E-state index contributed by atoms with van der Waals surface area (Å²) in [6.45, 7) is 0.969. The second-order valence-electron chi connectivity index (χ2n) is 3.32. The fourth-order valence-electron chi connectivity index (χ4n) is 1.23. The molecule has 1 amide bonds. The first-order valence-electron chi connectivity index (χ1n) is 4.44. The largest absolute Gasteiger partial charge is 0.415 e. The Morgan fingerprint density at radius 2 is 2.00 bits per heavy atom. The van der Waals surface area contributed by atoms with E-state index in [1.165, 1.54) is 7.05 Å². The van der Waals surface area contributed by atoms with Crippen LogP contribution in [-0.2, 0) is 4.79 Å². The summed E-state index contributed by atoms with van der Waals surface area (Å²) in [4.78, 5) is 11.9. The number of halogens is 3. The molecule has 15 heavy (non-hydrogen) atoms. The summed E-state index contributed by atoms with van der Waals surface area (Å²) >= 11 is 0. The van der Waals surface area contributed by atoms with Crippen LogP contribution in [0.1, 0.15) is 13.3 Å². The molecule has 90 valence electrons. The predicted molar refractivity (Wildman–Crippen MR) is 48.0 cm³/mol. The van der Waals surface area contributed by atoms with Crippen LogP contribution in [0.15, 0.2) is 0 Å². The van der Waals surface area contributed by atoms with Gasteiger partial charge in [0.25, 0.3) is 0 Å². The summed E-state index contributed by atoms with van der Waals surface area (Å²) in [5.41, 5.74) is 4.99. The fraction of sp³-hybridized carbons (Fsp3) is 0.875. The molecule has 0 radical (unpaired) electrons. The maximum Gasteiger partial charge on any atom is 0.415 e. The highest BCUT2D eigenvalue weighted by atomic mass is 19.4. The molecular formula is C8H15F3N2O2. The molecule has 0 heterocycles. The molecule has 3 N–H and O–H groups in total. The summed E-state index contributed by atoms with van der Waals surface area (Å²) in [5.74, 6) is -0.700. The third kappa shape index (κ3) is 4.48. The number of hydrogen-bond acceptors (Lipinski definition) is 3. The number of hydrogen-bond donors (Lipinski definition) is 2. The maximum atomic E-state index is 12.0. The van der Waals surface area contributed by atoms with Gasteiger partial charge in [0.2, 0.25) is 5.91 Å². The van der Waals surface area contributed by atoms with Gasteiger partial charge in [-0.15, -0.1) is 0 Å². The molecule has 7 heteroatoms. The Balaban J connectivity index is 4.34. The highest BCUT2D eigenvalue weighted by molar-refractivity contribution is 5.79. The van der Waals surface area contributed by atoms with Gasteiger partial charge in [-0.25, -0.2) is 0 Å². The molecule has 0 aliphatic carbocycles. The van der Waals surface area contributed by atoms with Crippen molar-refractivity contribution in [3.05, 3.63) is 0 Å².